The number of nitrogens with zero attached hydrogens (tertiary/aromatic N) is 3. The number of rotatable bonds is 4. The largest absolute Gasteiger partial charge is 0.361 e. The third-order valence-electron chi connectivity index (χ3n) is 4.28. The van der Waals surface area contributed by atoms with E-state index in [9.17, 15) is 9.59 Å². The van der Waals surface area contributed by atoms with Gasteiger partial charge >= 0.3 is 0 Å². The molecule has 2 aromatic rings. The van der Waals surface area contributed by atoms with Crippen LogP contribution in [-0.2, 0) is 4.79 Å². The molecular formula is C18H22N4O3. The summed E-state index contributed by atoms with van der Waals surface area (Å²) in [6.45, 7) is 4.76. The van der Waals surface area contributed by atoms with Crippen molar-refractivity contribution in [2.24, 2.45) is 0 Å². The Hall–Kier alpha value is -2.67. The molecule has 2 heterocycles. The van der Waals surface area contributed by atoms with Gasteiger partial charge in [-0.05, 0) is 25.5 Å². The normalized spacial score (nSPS) is 15.6. The third-order valence-corrected chi connectivity index (χ3v) is 4.28. The number of hydrogen-bond donors (Lipinski definition) is 1. The van der Waals surface area contributed by atoms with Crippen molar-refractivity contribution < 1.29 is 14.1 Å². The lowest BCUT2D eigenvalue weighted by Crippen LogP contribution is -2.38. The molecule has 1 saturated heterocycles. The zero-order valence-corrected chi connectivity index (χ0v) is 14.3. The predicted octanol–water partition coefficient (Wildman–Crippen LogP) is 1.77. The van der Waals surface area contributed by atoms with Crippen LogP contribution in [0.25, 0.3) is 0 Å². The molecule has 0 aliphatic carbocycles. The smallest absolute Gasteiger partial charge is 0.259 e. The molecule has 2 amide bonds. The van der Waals surface area contributed by atoms with E-state index >= 15 is 0 Å². The summed E-state index contributed by atoms with van der Waals surface area (Å²) in [4.78, 5) is 28.6. The number of aryl methyl sites for hydroxylation is 1. The lowest BCUT2D eigenvalue weighted by Gasteiger charge is -2.21. The van der Waals surface area contributed by atoms with Gasteiger partial charge in [0.2, 0.25) is 5.91 Å². The van der Waals surface area contributed by atoms with Crippen LogP contribution in [0.15, 0.2) is 41.1 Å². The van der Waals surface area contributed by atoms with E-state index in [4.69, 9.17) is 4.52 Å². The van der Waals surface area contributed by atoms with Crippen LogP contribution in [0, 0.1) is 6.92 Å². The molecule has 1 aromatic heterocycles. The molecule has 25 heavy (non-hydrogen) atoms. The Morgan fingerprint density at radius 2 is 1.96 bits per heavy atom. The molecule has 1 N–H and O–H groups in total. The second-order valence-electron chi connectivity index (χ2n) is 6.13. The Balaban J connectivity index is 1.52. The van der Waals surface area contributed by atoms with Crippen LogP contribution >= 0.6 is 0 Å². The molecule has 132 valence electrons. The lowest BCUT2D eigenvalue weighted by atomic mass is 10.2. The van der Waals surface area contributed by atoms with Gasteiger partial charge in [0.1, 0.15) is 11.3 Å². The van der Waals surface area contributed by atoms with Gasteiger partial charge in [-0.25, -0.2) is 0 Å². The van der Waals surface area contributed by atoms with Crippen LogP contribution in [0.2, 0.25) is 0 Å². The summed E-state index contributed by atoms with van der Waals surface area (Å²) in [5.41, 5.74) is 1.30. The lowest BCUT2D eigenvalue weighted by molar-refractivity contribution is -0.117. The van der Waals surface area contributed by atoms with Crippen LogP contribution in [0.1, 0.15) is 22.5 Å². The third kappa shape index (κ3) is 4.45. The first-order chi connectivity index (χ1) is 12.1. The van der Waals surface area contributed by atoms with Gasteiger partial charge in [0, 0.05) is 31.9 Å². The number of nitrogens with one attached hydrogen (secondary N) is 1. The molecule has 1 aromatic carbocycles. The summed E-state index contributed by atoms with van der Waals surface area (Å²) < 4.78 is 4.98. The van der Waals surface area contributed by atoms with Crippen molar-refractivity contribution in [1.82, 2.24) is 15.0 Å². The van der Waals surface area contributed by atoms with Crippen molar-refractivity contribution in [2.75, 3.05) is 38.0 Å². The van der Waals surface area contributed by atoms with E-state index in [2.05, 4.69) is 15.4 Å². The summed E-state index contributed by atoms with van der Waals surface area (Å²) in [6, 6.07) is 9.41. The molecule has 0 unspecified atom stereocenters. The SMILES string of the molecule is Cc1oncc1C(=O)N1CCCN(CC(=O)Nc2ccccc2)CC1. The average Bonchev–Trinajstić information content (AvgIpc) is 2.89. The molecule has 1 aliphatic rings. The fourth-order valence-corrected chi connectivity index (χ4v) is 2.93. The molecular weight excluding hydrogens is 320 g/mol. The highest BCUT2D eigenvalue weighted by Gasteiger charge is 2.23. The number of hydrogen-bond acceptors (Lipinski definition) is 5. The second-order valence-corrected chi connectivity index (χ2v) is 6.13. The molecule has 0 atom stereocenters. The maximum absolute atomic E-state index is 12.5. The fraction of sp³-hybridized carbons (Fsp3) is 0.389. The van der Waals surface area contributed by atoms with Gasteiger partial charge in [-0.15, -0.1) is 0 Å². The molecule has 1 aliphatic heterocycles. The highest BCUT2D eigenvalue weighted by Crippen LogP contribution is 2.13. The Bertz CT molecular complexity index is 729. The number of amides is 2. The van der Waals surface area contributed by atoms with Crippen LogP contribution in [0.4, 0.5) is 5.69 Å². The Morgan fingerprint density at radius 3 is 2.68 bits per heavy atom. The van der Waals surface area contributed by atoms with E-state index in [-0.39, 0.29) is 11.8 Å². The van der Waals surface area contributed by atoms with Gasteiger partial charge in [-0.2, -0.15) is 0 Å². The zero-order valence-electron chi connectivity index (χ0n) is 14.3. The number of benzene rings is 1. The first-order valence-corrected chi connectivity index (χ1v) is 8.41. The minimum atomic E-state index is -0.0608. The molecule has 0 spiro atoms. The van der Waals surface area contributed by atoms with Crippen molar-refractivity contribution in [3.05, 3.63) is 47.9 Å². The molecule has 0 radical (unpaired) electrons. The predicted molar refractivity (Wildman–Crippen MR) is 93.3 cm³/mol. The first-order valence-electron chi connectivity index (χ1n) is 8.41. The summed E-state index contributed by atoms with van der Waals surface area (Å²) in [7, 11) is 0. The highest BCUT2D eigenvalue weighted by molar-refractivity contribution is 5.95. The number of anilines is 1. The van der Waals surface area contributed by atoms with Crippen molar-refractivity contribution in [2.45, 2.75) is 13.3 Å². The quantitative estimate of drug-likeness (QED) is 0.916. The first kappa shape index (κ1) is 17.2. The van der Waals surface area contributed by atoms with E-state index in [0.717, 1.165) is 18.7 Å². The monoisotopic (exact) mass is 342 g/mol. The second kappa shape index (κ2) is 7.94. The van der Waals surface area contributed by atoms with E-state index in [1.54, 1.807) is 11.8 Å². The summed E-state index contributed by atoms with van der Waals surface area (Å²) in [6.07, 6.45) is 2.29. The van der Waals surface area contributed by atoms with Crippen molar-refractivity contribution in [3.63, 3.8) is 0 Å². The van der Waals surface area contributed by atoms with Gasteiger partial charge in [0.15, 0.2) is 0 Å². The van der Waals surface area contributed by atoms with Crippen molar-refractivity contribution in [1.29, 1.82) is 0 Å². The Labute approximate surface area is 146 Å². The molecule has 3 rings (SSSR count). The Morgan fingerprint density at radius 1 is 1.16 bits per heavy atom. The van der Waals surface area contributed by atoms with E-state index in [1.165, 1.54) is 6.20 Å². The standard InChI is InChI=1S/C18H22N4O3/c1-14-16(12-19-25-14)18(24)22-9-5-8-21(10-11-22)13-17(23)20-15-6-3-2-4-7-15/h2-4,6-7,12H,5,8-11,13H2,1H3,(H,20,23). The number of carbonyl (C=O) groups is 2. The van der Waals surface area contributed by atoms with Crippen LogP contribution < -0.4 is 5.32 Å². The van der Waals surface area contributed by atoms with E-state index < -0.39 is 0 Å². The van der Waals surface area contributed by atoms with Gasteiger partial charge < -0.3 is 14.7 Å². The van der Waals surface area contributed by atoms with Crippen LogP contribution in [-0.4, -0.2) is 59.5 Å². The summed E-state index contributed by atoms with van der Waals surface area (Å²) in [5.74, 6) is 0.434. The Kier molecular flexibility index (Phi) is 5.45. The van der Waals surface area contributed by atoms with Crippen LogP contribution in [0.3, 0.4) is 0 Å². The van der Waals surface area contributed by atoms with E-state index in [0.29, 0.717) is 37.5 Å². The van der Waals surface area contributed by atoms with E-state index in [1.807, 2.05) is 30.3 Å². The van der Waals surface area contributed by atoms with Crippen molar-refractivity contribution in [3.8, 4) is 0 Å². The number of para-hydroxylation sites is 1. The fourth-order valence-electron chi connectivity index (χ4n) is 2.93. The maximum Gasteiger partial charge on any atom is 0.259 e. The molecule has 7 nitrogen and oxygen atoms in total. The minimum absolute atomic E-state index is 0.0409. The number of aromatic nitrogens is 1. The summed E-state index contributed by atoms with van der Waals surface area (Å²) >= 11 is 0. The average molecular weight is 342 g/mol. The molecule has 1 fully saturated rings. The minimum Gasteiger partial charge on any atom is -0.361 e. The van der Waals surface area contributed by atoms with Crippen molar-refractivity contribution >= 4 is 17.5 Å². The van der Waals surface area contributed by atoms with Crippen LogP contribution in [0.5, 0.6) is 0 Å². The van der Waals surface area contributed by atoms with Gasteiger partial charge in [0.05, 0.1) is 12.7 Å². The molecule has 7 heteroatoms. The van der Waals surface area contributed by atoms with Gasteiger partial charge in [0.25, 0.3) is 5.91 Å². The topological polar surface area (TPSA) is 78.7 Å². The molecule has 0 saturated carbocycles. The zero-order chi connectivity index (χ0) is 17.6. The summed E-state index contributed by atoms with van der Waals surface area (Å²) in [5, 5.41) is 6.56. The van der Waals surface area contributed by atoms with Gasteiger partial charge in [-0.1, -0.05) is 23.4 Å². The molecule has 0 bridgehead atoms. The number of carbonyl (C=O) groups excluding carboxylic acids is 2. The highest BCUT2D eigenvalue weighted by atomic mass is 16.5. The van der Waals surface area contributed by atoms with Gasteiger partial charge in [-0.3, -0.25) is 14.5 Å². The maximum atomic E-state index is 12.5.